The van der Waals surface area contributed by atoms with Crippen LogP contribution in [-0.2, 0) is 16.6 Å². The summed E-state index contributed by atoms with van der Waals surface area (Å²) in [4.78, 5) is 42.7. The minimum absolute atomic E-state index is 0.0356. The van der Waals surface area contributed by atoms with Crippen LogP contribution in [0.1, 0.15) is 43.2 Å². The molecule has 1 saturated carbocycles. The number of rotatable bonds is 3. The Morgan fingerprint density at radius 3 is 2.63 bits per heavy atom. The third-order valence-electron chi connectivity index (χ3n) is 9.38. The van der Waals surface area contributed by atoms with Crippen molar-refractivity contribution < 1.29 is 9.53 Å². The Balaban J connectivity index is 1.18. The molecular weight excluding hydrogens is 504 g/mol. The predicted octanol–water partition coefficient (Wildman–Crippen LogP) is 3.06. The summed E-state index contributed by atoms with van der Waals surface area (Å²) in [5.41, 5.74) is 2.98. The first kappa shape index (κ1) is 23.9. The number of H-pyrrole nitrogens is 1. The molecule has 1 N–H and O–H groups in total. The largest absolute Gasteiger partial charge is 0.484 e. The lowest BCUT2D eigenvalue weighted by molar-refractivity contribution is -0.123. The van der Waals surface area contributed by atoms with Crippen LogP contribution in [0.15, 0.2) is 28.7 Å². The van der Waals surface area contributed by atoms with Crippen LogP contribution in [0.2, 0.25) is 5.02 Å². The van der Waals surface area contributed by atoms with E-state index in [2.05, 4.69) is 32.9 Å². The Labute approximate surface area is 227 Å². The van der Waals surface area contributed by atoms with Crippen LogP contribution in [0.4, 0.5) is 17.5 Å². The minimum Gasteiger partial charge on any atom is -0.484 e. The zero-order valence-electron chi connectivity index (χ0n) is 22.1. The summed E-state index contributed by atoms with van der Waals surface area (Å²) in [5, 5.41) is 0.604. The number of nitrogens with one attached hydrogen (secondary N) is 1. The Morgan fingerprint density at radius 2 is 1.92 bits per heavy atom. The normalized spacial score (nSPS) is 25.3. The molecule has 1 amide bonds. The van der Waals surface area contributed by atoms with Gasteiger partial charge in [0.15, 0.2) is 0 Å². The van der Waals surface area contributed by atoms with Crippen LogP contribution in [0.3, 0.4) is 0 Å². The first-order chi connectivity index (χ1) is 18.3. The number of ether oxygens (including phenoxy) is 1. The molecule has 10 heteroatoms. The van der Waals surface area contributed by atoms with Crippen molar-refractivity contribution in [2.24, 2.45) is 0 Å². The highest BCUT2D eigenvalue weighted by Crippen LogP contribution is 2.54. The van der Waals surface area contributed by atoms with Crippen molar-refractivity contribution in [1.29, 1.82) is 0 Å². The van der Waals surface area contributed by atoms with Gasteiger partial charge < -0.3 is 24.3 Å². The summed E-state index contributed by atoms with van der Waals surface area (Å²) < 4.78 is 6.56. The SMILES string of the molecule is CN1CCCc2c1nc(N1CCC3(CC1)C(=O)N(C)c1c(OC4CC5CC4=CN5C)ccc(Cl)c13)[nH]c2=O. The lowest BCUT2D eigenvalue weighted by atomic mass is 9.73. The molecule has 5 heterocycles. The second-order valence-corrected chi connectivity index (χ2v) is 11.9. The van der Waals surface area contributed by atoms with Gasteiger partial charge in [0.05, 0.1) is 16.7 Å². The molecule has 1 aromatic carbocycles. The Bertz CT molecular complexity index is 1430. The van der Waals surface area contributed by atoms with E-state index in [9.17, 15) is 9.59 Å². The average molecular weight is 537 g/mol. The fourth-order valence-corrected chi connectivity index (χ4v) is 7.60. The molecule has 2 fully saturated rings. The van der Waals surface area contributed by atoms with Crippen LogP contribution in [0.25, 0.3) is 0 Å². The minimum atomic E-state index is -0.712. The number of amides is 1. The van der Waals surface area contributed by atoms with Gasteiger partial charge in [-0.15, -0.1) is 0 Å². The molecule has 38 heavy (non-hydrogen) atoms. The van der Waals surface area contributed by atoms with Crippen LogP contribution < -0.4 is 25.0 Å². The fraction of sp³-hybridized carbons (Fsp3) is 0.536. The molecule has 9 nitrogen and oxygen atoms in total. The maximum absolute atomic E-state index is 13.9. The summed E-state index contributed by atoms with van der Waals surface area (Å²) in [5.74, 6) is 2.13. The summed E-state index contributed by atoms with van der Waals surface area (Å²) in [6.07, 6.45) is 7.11. The second-order valence-electron chi connectivity index (χ2n) is 11.5. The van der Waals surface area contributed by atoms with Gasteiger partial charge in [-0.1, -0.05) is 11.6 Å². The number of likely N-dealkylation sites (N-methyl/N-ethyl adjacent to an activating group) is 1. The fourth-order valence-electron chi connectivity index (χ4n) is 7.26. The highest BCUT2D eigenvalue weighted by molar-refractivity contribution is 6.33. The smallest absolute Gasteiger partial charge is 0.257 e. The maximum Gasteiger partial charge on any atom is 0.257 e. The van der Waals surface area contributed by atoms with Crippen molar-refractivity contribution in [2.75, 3.05) is 55.5 Å². The molecule has 5 aliphatic rings. The van der Waals surface area contributed by atoms with Crippen molar-refractivity contribution in [3.8, 4) is 5.75 Å². The number of carbonyl (C=O) groups excluding carboxylic acids is 1. The van der Waals surface area contributed by atoms with Gasteiger partial charge in [-0.3, -0.25) is 14.6 Å². The van der Waals surface area contributed by atoms with Crippen molar-refractivity contribution in [1.82, 2.24) is 14.9 Å². The summed E-state index contributed by atoms with van der Waals surface area (Å²) in [7, 11) is 5.93. The number of halogens is 1. The molecule has 2 aromatic rings. The van der Waals surface area contributed by atoms with E-state index in [1.165, 1.54) is 5.57 Å². The van der Waals surface area contributed by atoms with Gasteiger partial charge in [0.2, 0.25) is 11.9 Å². The molecule has 200 valence electrons. The molecule has 2 bridgehead atoms. The van der Waals surface area contributed by atoms with Crippen LogP contribution in [0.5, 0.6) is 5.75 Å². The van der Waals surface area contributed by atoms with Gasteiger partial charge in [-0.05, 0) is 49.8 Å². The highest BCUT2D eigenvalue weighted by atomic mass is 35.5. The number of anilines is 3. The number of aromatic nitrogens is 2. The lowest BCUT2D eigenvalue weighted by Crippen LogP contribution is -2.49. The summed E-state index contributed by atoms with van der Waals surface area (Å²) >= 11 is 6.83. The molecule has 7 rings (SSSR count). The zero-order valence-corrected chi connectivity index (χ0v) is 22.8. The van der Waals surface area contributed by atoms with Crippen LogP contribution in [0, 0.1) is 0 Å². The zero-order chi connectivity index (χ0) is 26.3. The Hall–Kier alpha value is -3.20. The van der Waals surface area contributed by atoms with Gasteiger partial charge in [-0.25, -0.2) is 0 Å². The van der Waals surface area contributed by atoms with E-state index in [4.69, 9.17) is 21.3 Å². The second kappa shape index (κ2) is 8.40. The van der Waals surface area contributed by atoms with E-state index in [0.717, 1.165) is 60.6 Å². The van der Waals surface area contributed by atoms with E-state index in [-0.39, 0.29) is 17.6 Å². The number of aromatic amines is 1. The van der Waals surface area contributed by atoms with Gasteiger partial charge in [-0.2, -0.15) is 4.98 Å². The van der Waals surface area contributed by atoms with Crippen molar-refractivity contribution >= 4 is 35.0 Å². The number of carbonyl (C=O) groups is 1. The quantitative estimate of drug-likeness (QED) is 0.645. The number of benzene rings is 1. The summed E-state index contributed by atoms with van der Waals surface area (Å²) in [6, 6.07) is 4.28. The van der Waals surface area contributed by atoms with Gasteiger partial charge in [0, 0.05) is 70.0 Å². The molecule has 1 spiro atoms. The molecule has 4 aliphatic heterocycles. The average Bonchev–Trinajstić information content (AvgIpc) is 3.54. The van der Waals surface area contributed by atoms with Gasteiger partial charge >= 0.3 is 0 Å². The van der Waals surface area contributed by atoms with E-state index < -0.39 is 5.41 Å². The van der Waals surface area contributed by atoms with Crippen LogP contribution >= 0.6 is 11.6 Å². The lowest BCUT2D eigenvalue weighted by Gasteiger charge is -2.39. The number of hydrogen-bond acceptors (Lipinski definition) is 7. The van der Waals surface area contributed by atoms with Crippen molar-refractivity contribution in [3.05, 3.63) is 50.4 Å². The topological polar surface area (TPSA) is 85.0 Å². The van der Waals surface area contributed by atoms with E-state index >= 15 is 0 Å². The molecular formula is C28H33ClN6O3. The highest BCUT2D eigenvalue weighted by Gasteiger charge is 2.54. The van der Waals surface area contributed by atoms with Crippen molar-refractivity contribution in [2.45, 2.75) is 56.1 Å². The van der Waals surface area contributed by atoms with E-state index in [1.807, 2.05) is 26.2 Å². The predicted molar refractivity (Wildman–Crippen MR) is 148 cm³/mol. The molecule has 1 aliphatic carbocycles. The van der Waals surface area contributed by atoms with Crippen LogP contribution in [-0.4, -0.2) is 73.7 Å². The number of fused-ring (bicyclic) bond motifs is 5. The molecule has 1 aromatic heterocycles. The number of hydrogen-bond donors (Lipinski definition) is 1. The molecule has 1 saturated heterocycles. The molecule has 2 unspecified atom stereocenters. The third kappa shape index (κ3) is 3.33. The number of nitrogens with zero attached hydrogens (tertiary/aromatic N) is 5. The monoisotopic (exact) mass is 536 g/mol. The molecule has 0 radical (unpaired) electrons. The van der Waals surface area contributed by atoms with Gasteiger partial charge in [0.1, 0.15) is 17.7 Å². The van der Waals surface area contributed by atoms with Crippen molar-refractivity contribution in [3.63, 3.8) is 0 Å². The maximum atomic E-state index is 13.9. The number of piperidine rings is 1. The first-order valence-corrected chi connectivity index (χ1v) is 13.9. The third-order valence-corrected chi connectivity index (χ3v) is 9.70. The van der Waals surface area contributed by atoms with Gasteiger partial charge in [0.25, 0.3) is 5.56 Å². The van der Waals surface area contributed by atoms with E-state index in [1.54, 1.807) is 4.90 Å². The van der Waals surface area contributed by atoms with E-state index in [0.29, 0.717) is 42.9 Å². The first-order valence-electron chi connectivity index (χ1n) is 13.6. The Morgan fingerprint density at radius 1 is 1.13 bits per heavy atom. The molecule has 2 atom stereocenters. The Kier molecular flexibility index (Phi) is 5.28. The summed E-state index contributed by atoms with van der Waals surface area (Å²) in [6.45, 7) is 2.08. The standard InChI is InChI=1S/C28H33ClN6O3/c1-32-10-4-5-18-24(32)30-27(31-25(18)36)35-11-8-28(9-12-35)22-19(29)6-7-20(23(22)34(3)26(28)37)38-21-14-17-13-16(21)15-33(17)2/h6-7,15,17,21H,4-5,8-14H2,1-3H3,(H,30,31,36).